The van der Waals surface area contributed by atoms with E-state index in [1.165, 1.54) is 23.6 Å². The molecule has 0 spiro atoms. The van der Waals surface area contributed by atoms with E-state index in [1.54, 1.807) is 5.41 Å². The van der Waals surface area contributed by atoms with Crippen molar-refractivity contribution >= 4 is 29.4 Å². The van der Waals surface area contributed by atoms with E-state index < -0.39 is 5.97 Å². The maximum atomic E-state index is 11.4. The Labute approximate surface area is 90.4 Å². The lowest BCUT2D eigenvalue weighted by Gasteiger charge is -2.34. The van der Waals surface area contributed by atoms with Crippen molar-refractivity contribution in [1.29, 1.82) is 0 Å². The van der Waals surface area contributed by atoms with Gasteiger partial charge in [0.15, 0.2) is 5.78 Å². The maximum Gasteiger partial charge on any atom is 0.356 e. The molecule has 2 aliphatic rings. The minimum atomic E-state index is -0.603. The molecule has 2 aliphatic heterocycles. The minimum absolute atomic E-state index is 0.0531. The minimum Gasteiger partial charge on any atom is -0.453 e. The van der Waals surface area contributed by atoms with Gasteiger partial charge in [-0.3, -0.25) is 14.5 Å². The van der Waals surface area contributed by atoms with Crippen LogP contribution in [0.25, 0.3) is 0 Å². The lowest BCUT2D eigenvalue weighted by atomic mass is 10.2. The van der Waals surface area contributed by atoms with Crippen LogP contribution in [-0.2, 0) is 19.1 Å². The first-order chi connectivity index (χ1) is 7.09. The van der Waals surface area contributed by atoms with E-state index in [-0.39, 0.29) is 29.4 Å². The Kier molecular flexibility index (Phi) is 2.52. The van der Waals surface area contributed by atoms with E-state index >= 15 is 0 Å². The molecule has 0 aliphatic carbocycles. The van der Waals surface area contributed by atoms with E-state index in [9.17, 15) is 14.4 Å². The molecule has 0 aromatic carbocycles. The van der Waals surface area contributed by atoms with Crippen LogP contribution in [0.15, 0.2) is 11.1 Å². The molecule has 5 nitrogen and oxygen atoms in total. The summed E-state index contributed by atoms with van der Waals surface area (Å²) in [5, 5.41) is 1.66. The maximum absolute atomic E-state index is 11.4. The molecule has 1 amide bonds. The van der Waals surface area contributed by atoms with Crippen LogP contribution in [0.2, 0.25) is 0 Å². The molecule has 0 aromatic heterocycles. The molecule has 15 heavy (non-hydrogen) atoms. The van der Waals surface area contributed by atoms with Crippen LogP contribution in [0.3, 0.4) is 0 Å². The monoisotopic (exact) mass is 227 g/mol. The molecule has 80 valence electrons. The van der Waals surface area contributed by atoms with Gasteiger partial charge in [-0.2, -0.15) is 0 Å². The zero-order valence-electron chi connectivity index (χ0n) is 8.06. The average molecular weight is 227 g/mol. The lowest BCUT2D eigenvalue weighted by molar-refractivity contribution is -0.150. The highest BCUT2D eigenvalue weighted by Gasteiger charge is 2.45. The molecule has 2 rings (SSSR count). The normalized spacial score (nSPS) is 23.0. The standard InChI is InChI=1S/C9H9NO4S/c1-5(11)3-14-9(13)6-4-15-8-2-7(12)10(6)8/h4,8H,2-3H2,1H3/t8-/m1/s1. The summed E-state index contributed by atoms with van der Waals surface area (Å²) in [5.74, 6) is -0.898. The second kappa shape index (κ2) is 3.69. The number of hydrogen-bond acceptors (Lipinski definition) is 5. The van der Waals surface area contributed by atoms with E-state index in [0.29, 0.717) is 6.42 Å². The fraction of sp³-hybridized carbons (Fsp3) is 0.444. The number of ketones is 1. The van der Waals surface area contributed by atoms with Crippen LogP contribution in [0, 0.1) is 0 Å². The Balaban J connectivity index is 1.96. The van der Waals surface area contributed by atoms with Crippen molar-refractivity contribution in [1.82, 2.24) is 4.90 Å². The number of Topliss-reactive ketones (excluding diaryl/α,β-unsaturated/α-hetero) is 1. The molecular weight excluding hydrogens is 218 g/mol. The van der Waals surface area contributed by atoms with E-state index in [4.69, 9.17) is 4.74 Å². The number of nitrogens with zero attached hydrogens (tertiary/aromatic N) is 1. The van der Waals surface area contributed by atoms with Gasteiger partial charge in [-0.1, -0.05) is 0 Å². The van der Waals surface area contributed by atoms with Gasteiger partial charge in [0, 0.05) is 5.41 Å². The summed E-state index contributed by atoms with van der Waals surface area (Å²) in [6.07, 6.45) is 0.463. The molecule has 0 aromatic rings. The first-order valence-electron chi connectivity index (χ1n) is 4.44. The number of carbonyl (C=O) groups excluding carboxylic acids is 3. The summed E-state index contributed by atoms with van der Waals surface area (Å²) >= 11 is 1.42. The van der Waals surface area contributed by atoms with Gasteiger partial charge in [0.2, 0.25) is 5.91 Å². The Hall–Kier alpha value is -1.30. The molecule has 0 radical (unpaired) electrons. The van der Waals surface area contributed by atoms with Gasteiger partial charge in [0.05, 0.1) is 11.8 Å². The van der Waals surface area contributed by atoms with Gasteiger partial charge in [0.1, 0.15) is 12.3 Å². The van der Waals surface area contributed by atoms with Crippen molar-refractivity contribution in [3.63, 3.8) is 0 Å². The molecule has 6 heteroatoms. The van der Waals surface area contributed by atoms with Gasteiger partial charge in [-0.15, -0.1) is 11.8 Å². The van der Waals surface area contributed by atoms with Gasteiger partial charge in [-0.25, -0.2) is 4.79 Å². The smallest absolute Gasteiger partial charge is 0.356 e. The van der Waals surface area contributed by atoms with Gasteiger partial charge in [-0.05, 0) is 6.92 Å². The molecule has 1 fully saturated rings. The van der Waals surface area contributed by atoms with Crippen LogP contribution in [0.5, 0.6) is 0 Å². The summed E-state index contributed by atoms with van der Waals surface area (Å²) in [5.41, 5.74) is 0.252. The van der Waals surface area contributed by atoms with Crippen molar-refractivity contribution in [3.05, 3.63) is 11.1 Å². The SMILES string of the molecule is CC(=O)COC(=O)C1=CS[C@@H]2CC(=O)N12. The number of esters is 1. The van der Waals surface area contributed by atoms with Gasteiger partial charge < -0.3 is 4.74 Å². The number of hydrogen-bond donors (Lipinski definition) is 0. The summed E-state index contributed by atoms with van der Waals surface area (Å²) in [6.45, 7) is 1.09. The summed E-state index contributed by atoms with van der Waals surface area (Å²) in [7, 11) is 0. The highest BCUT2D eigenvalue weighted by molar-refractivity contribution is 8.03. The fourth-order valence-electron chi connectivity index (χ4n) is 1.37. The number of rotatable bonds is 3. The number of thioether (sulfide) groups is 1. The first-order valence-corrected chi connectivity index (χ1v) is 5.38. The van der Waals surface area contributed by atoms with E-state index in [2.05, 4.69) is 0 Å². The third-order valence-electron chi connectivity index (χ3n) is 2.12. The molecule has 1 atom stereocenters. The molecule has 0 saturated carbocycles. The fourth-order valence-corrected chi connectivity index (χ4v) is 2.46. The lowest BCUT2D eigenvalue weighted by Crippen LogP contribution is -2.48. The van der Waals surface area contributed by atoms with Gasteiger partial charge in [0.25, 0.3) is 0 Å². The van der Waals surface area contributed by atoms with Crippen molar-refractivity contribution in [3.8, 4) is 0 Å². The van der Waals surface area contributed by atoms with E-state index in [1.807, 2.05) is 0 Å². The molecule has 0 N–H and O–H groups in total. The zero-order chi connectivity index (χ0) is 11.0. The van der Waals surface area contributed by atoms with Crippen molar-refractivity contribution in [2.45, 2.75) is 18.7 Å². The molecular formula is C9H9NO4S. The highest BCUT2D eigenvalue weighted by Crippen LogP contribution is 2.40. The largest absolute Gasteiger partial charge is 0.453 e. The molecule has 1 saturated heterocycles. The number of fused-ring (bicyclic) bond motifs is 1. The zero-order valence-corrected chi connectivity index (χ0v) is 8.87. The number of amides is 1. The Bertz CT molecular complexity index is 376. The second-order valence-corrected chi connectivity index (χ2v) is 4.39. The summed E-state index contributed by atoms with van der Waals surface area (Å²) < 4.78 is 4.72. The Morgan fingerprint density at radius 1 is 1.67 bits per heavy atom. The molecule has 2 heterocycles. The number of β-lactam (4-membered cyclic amide) rings is 1. The van der Waals surface area contributed by atoms with Crippen LogP contribution in [-0.4, -0.2) is 34.5 Å². The Morgan fingerprint density at radius 3 is 3.00 bits per heavy atom. The average Bonchev–Trinajstić information content (AvgIpc) is 2.51. The molecule has 0 unspecified atom stereocenters. The quantitative estimate of drug-likeness (QED) is 0.511. The predicted octanol–water partition coefficient (Wildman–Crippen LogP) is 0.265. The number of carbonyl (C=O) groups is 3. The van der Waals surface area contributed by atoms with Crippen LogP contribution in [0.1, 0.15) is 13.3 Å². The number of ether oxygens (including phenoxy) is 1. The van der Waals surface area contributed by atoms with Crippen LogP contribution < -0.4 is 0 Å². The topological polar surface area (TPSA) is 63.7 Å². The van der Waals surface area contributed by atoms with Crippen molar-refractivity contribution in [2.75, 3.05) is 6.61 Å². The second-order valence-electron chi connectivity index (χ2n) is 3.34. The van der Waals surface area contributed by atoms with Crippen LogP contribution >= 0.6 is 11.8 Å². The van der Waals surface area contributed by atoms with Gasteiger partial charge >= 0.3 is 5.97 Å². The molecule has 0 bridgehead atoms. The van der Waals surface area contributed by atoms with Crippen molar-refractivity contribution in [2.24, 2.45) is 0 Å². The third kappa shape index (κ3) is 1.77. The first kappa shape index (κ1) is 10.2. The highest BCUT2D eigenvalue weighted by atomic mass is 32.2. The van der Waals surface area contributed by atoms with E-state index in [0.717, 1.165) is 0 Å². The predicted molar refractivity (Wildman–Crippen MR) is 52.6 cm³/mol. The van der Waals surface area contributed by atoms with Crippen LogP contribution in [0.4, 0.5) is 0 Å². The van der Waals surface area contributed by atoms with Crippen molar-refractivity contribution < 1.29 is 19.1 Å². The summed E-state index contributed by atoms with van der Waals surface area (Å²) in [4.78, 5) is 34.6. The Morgan fingerprint density at radius 2 is 2.40 bits per heavy atom. The third-order valence-corrected chi connectivity index (χ3v) is 3.17. The summed E-state index contributed by atoms with van der Waals surface area (Å²) in [6, 6.07) is 0.